The van der Waals surface area contributed by atoms with E-state index >= 15 is 0 Å². The Morgan fingerprint density at radius 2 is 1.86 bits per heavy atom. The minimum atomic E-state index is -0.0483. The third-order valence-corrected chi connectivity index (χ3v) is 4.87. The van der Waals surface area contributed by atoms with E-state index in [1.807, 2.05) is 29.2 Å². The van der Waals surface area contributed by atoms with Gasteiger partial charge >= 0.3 is 0 Å². The maximum absolute atomic E-state index is 12.9. The van der Waals surface area contributed by atoms with Gasteiger partial charge in [-0.05, 0) is 43.0 Å². The van der Waals surface area contributed by atoms with Crippen LogP contribution in [0.3, 0.4) is 0 Å². The van der Waals surface area contributed by atoms with Crippen LogP contribution in [0.5, 0.6) is 0 Å². The molecule has 0 spiro atoms. The van der Waals surface area contributed by atoms with E-state index in [9.17, 15) is 9.59 Å². The minimum Gasteiger partial charge on any atom is -0.383 e. The van der Waals surface area contributed by atoms with Crippen molar-refractivity contribution in [1.29, 1.82) is 0 Å². The van der Waals surface area contributed by atoms with Crippen LogP contribution in [0.2, 0.25) is 0 Å². The molecule has 2 amide bonds. The second-order valence-corrected chi connectivity index (χ2v) is 7.37. The number of rotatable bonds is 9. The number of ether oxygens (including phenoxy) is 1. The van der Waals surface area contributed by atoms with E-state index in [0.29, 0.717) is 19.7 Å². The van der Waals surface area contributed by atoms with Crippen molar-refractivity contribution in [1.82, 2.24) is 5.32 Å². The summed E-state index contributed by atoms with van der Waals surface area (Å²) in [5, 5.41) is 2.83. The van der Waals surface area contributed by atoms with Gasteiger partial charge in [-0.1, -0.05) is 42.0 Å². The van der Waals surface area contributed by atoms with E-state index in [0.717, 1.165) is 29.7 Å². The summed E-state index contributed by atoms with van der Waals surface area (Å²) in [6.45, 7) is 3.58. The molecule has 2 aromatic rings. The summed E-state index contributed by atoms with van der Waals surface area (Å²) in [7, 11) is 1.61. The van der Waals surface area contributed by atoms with Gasteiger partial charge in [0, 0.05) is 25.3 Å². The summed E-state index contributed by atoms with van der Waals surface area (Å²) in [5.74, 6) is 0.251. The zero-order valence-corrected chi connectivity index (χ0v) is 16.6. The highest BCUT2D eigenvalue weighted by Crippen LogP contribution is 2.33. The molecule has 1 saturated carbocycles. The molecule has 28 heavy (non-hydrogen) atoms. The number of hydrogen-bond acceptors (Lipinski definition) is 3. The molecule has 1 aliphatic rings. The lowest BCUT2D eigenvalue weighted by molar-refractivity contribution is -0.121. The van der Waals surface area contributed by atoms with Crippen molar-refractivity contribution < 1.29 is 14.3 Å². The summed E-state index contributed by atoms with van der Waals surface area (Å²) in [4.78, 5) is 26.9. The first kappa shape index (κ1) is 20.1. The number of amides is 2. The summed E-state index contributed by atoms with van der Waals surface area (Å²) in [6.07, 6.45) is 2.21. The van der Waals surface area contributed by atoms with E-state index < -0.39 is 0 Å². The highest BCUT2D eigenvalue weighted by Gasteiger charge is 2.34. The lowest BCUT2D eigenvalue weighted by Gasteiger charge is -2.24. The monoisotopic (exact) mass is 380 g/mol. The van der Waals surface area contributed by atoms with E-state index in [1.54, 1.807) is 7.11 Å². The Morgan fingerprint density at radius 3 is 2.54 bits per heavy atom. The number of aryl methyl sites for hydroxylation is 1. The van der Waals surface area contributed by atoms with Crippen LogP contribution >= 0.6 is 0 Å². The van der Waals surface area contributed by atoms with Gasteiger partial charge in [0.25, 0.3) is 0 Å². The van der Waals surface area contributed by atoms with E-state index in [1.165, 1.54) is 5.56 Å². The van der Waals surface area contributed by atoms with Crippen molar-refractivity contribution >= 4 is 17.5 Å². The van der Waals surface area contributed by atoms with Gasteiger partial charge in [0.05, 0.1) is 19.6 Å². The van der Waals surface area contributed by atoms with Gasteiger partial charge in [0.1, 0.15) is 0 Å². The predicted molar refractivity (Wildman–Crippen MR) is 110 cm³/mol. The van der Waals surface area contributed by atoms with Crippen LogP contribution in [0, 0.1) is 12.8 Å². The van der Waals surface area contributed by atoms with Crippen LogP contribution in [0.4, 0.5) is 5.69 Å². The molecule has 5 heteroatoms. The fraction of sp³-hybridized carbons (Fsp3) is 0.391. The van der Waals surface area contributed by atoms with E-state index in [4.69, 9.17) is 4.74 Å². The van der Waals surface area contributed by atoms with E-state index in [-0.39, 0.29) is 24.2 Å². The number of carbonyl (C=O) groups excluding carboxylic acids is 2. The molecule has 0 aromatic heterocycles. The van der Waals surface area contributed by atoms with Crippen molar-refractivity contribution in [2.75, 3.05) is 25.2 Å². The maximum Gasteiger partial charge on any atom is 0.230 e. The van der Waals surface area contributed by atoms with Crippen molar-refractivity contribution in [2.45, 2.75) is 32.7 Å². The molecule has 0 saturated heterocycles. The Labute approximate surface area is 166 Å². The Hall–Kier alpha value is -2.66. The molecule has 0 aliphatic heterocycles. The molecular weight excluding hydrogens is 352 g/mol. The first-order valence-electron chi connectivity index (χ1n) is 9.78. The van der Waals surface area contributed by atoms with Crippen molar-refractivity contribution in [3.05, 3.63) is 65.2 Å². The first-order chi connectivity index (χ1) is 13.6. The Balaban J connectivity index is 1.75. The predicted octanol–water partition coefficient (Wildman–Crippen LogP) is 3.24. The highest BCUT2D eigenvalue weighted by molar-refractivity contribution is 5.96. The van der Waals surface area contributed by atoms with Gasteiger partial charge in [-0.3, -0.25) is 9.59 Å². The molecular formula is C23H28N2O3. The third-order valence-electron chi connectivity index (χ3n) is 4.87. The maximum atomic E-state index is 12.9. The number of methoxy groups -OCH3 is 1. The Bertz CT molecular complexity index is 813. The third kappa shape index (κ3) is 5.67. The molecule has 1 fully saturated rings. The molecule has 2 aromatic carbocycles. The van der Waals surface area contributed by atoms with Crippen LogP contribution in [0.15, 0.2) is 48.5 Å². The van der Waals surface area contributed by atoms with Gasteiger partial charge in [0.15, 0.2) is 0 Å². The number of benzene rings is 2. The fourth-order valence-electron chi connectivity index (χ4n) is 3.10. The average Bonchev–Trinajstić information content (AvgIpc) is 3.53. The lowest BCUT2D eigenvalue weighted by atomic mass is 10.1. The second kappa shape index (κ2) is 9.51. The number of hydrogen-bond donors (Lipinski definition) is 1. The molecule has 5 nitrogen and oxygen atoms in total. The molecule has 1 aliphatic carbocycles. The molecule has 0 heterocycles. The number of nitrogens with one attached hydrogen (secondary N) is 1. The van der Waals surface area contributed by atoms with Gasteiger partial charge < -0.3 is 15.0 Å². The van der Waals surface area contributed by atoms with Crippen molar-refractivity contribution in [2.24, 2.45) is 5.92 Å². The fourth-order valence-corrected chi connectivity index (χ4v) is 3.10. The average molecular weight is 380 g/mol. The normalized spacial score (nSPS) is 13.2. The lowest BCUT2D eigenvalue weighted by Crippen LogP contribution is -2.32. The molecule has 0 radical (unpaired) electrons. The smallest absolute Gasteiger partial charge is 0.230 e. The van der Waals surface area contributed by atoms with Crippen molar-refractivity contribution in [3.63, 3.8) is 0 Å². The van der Waals surface area contributed by atoms with Gasteiger partial charge in [-0.2, -0.15) is 0 Å². The largest absolute Gasteiger partial charge is 0.383 e. The molecule has 1 N–H and O–H groups in total. The summed E-state index contributed by atoms with van der Waals surface area (Å²) >= 11 is 0. The number of nitrogens with zero attached hydrogens (tertiary/aromatic N) is 1. The molecule has 0 bridgehead atoms. The van der Waals surface area contributed by atoms with Gasteiger partial charge in [0.2, 0.25) is 11.8 Å². The molecule has 0 atom stereocenters. The molecule has 148 valence electrons. The van der Waals surface area contributed by atoms with Crippen LogP contribution in [0.25, 0.3) is 0 Å². The highest BCUT2D eigenvalue weighted by atomic mass is 16.5. The summed E-state index contributed by atoms with van der Waals surface area (Å²) in [6, 6.07) is 16.0. The summed E-state index contributed by atoms with van der Waals surface area (Å²) in [5.41, 5.74) is 4.04. The summed E-state index contributed by atoms with van der Waals surface area (Å²) < 4.78 is 4.95. The van der Waals surface area contributed by atoms with Crippen LogP contribution in [-0.2, 0) is 27.3 Å². The second-order valence-electron chi connectivity index (χ2n) is 7.37. The van der Waals surface area contributed by atoms with Gasteiger partial charge in [-0.25, -0.2) is 0 Å². The van der Waals surface area contributed by atoms with Crippen LogP contribution in [0.1, 0.15) is 29.5 Å². The standard InChI is InChI=1S/C23H28N2O3/c1-17-6-8-18(9-7-17)16-25(23(27)20-10-11-20)21-5-3-4-19(14-21)15-22(26)24-12-13-28-2/h3-9,14,20H,10-13,15-16H2,1-2H3,(H,24,26). The minimum absolute atomic E-state index is 0.0483. The quantitative estimate of drug-likeness (QED) is 0.680. The number of carbonyl (C=O) groups is 2. The van der Waals surface area contributed by atoms with Crippen LogP contribution < -0.4 is 10.2 Å². The van der Waals surface area contributed by atoms with Crippen molar-refractivity contribution in [3.8, 4) is 0 Å². The Kier molecular flexibility index (Phi) is 6.82. The van der Waals surface area contributed by atoms with Crippen LogP contribution in [-0.4, -0.2) is 32.1 Å². The Morgan fingerprint density at radius 1 is 1.11 bits per heavy atom. The molecule has 3 rings (SSSR count). The zero-order valence-electron chi connectivity index (χ0n) is 16.6. The molecule has 0 unspecified atom stereocenters. The topological polar surface area (TPSA) is 58.6 Å². The SMILES string of the molecule is COCCNC(=O)Cc1cccc(N(Cc2ccc(C)cc2)C(=O)C2CC2)c1. The van der Waals surface area contributed by atoms with Gasteiger partial charge in [-0.15, -0.1) is 0 Å². The zero-order chi connectivity index (χ0) is 19.9. The number of anilines is 1. The first-order valence-corrected chi connectivity index (χ1v) is 9.78. The van der Waals surface area contributed by atoms with E-state index in [2.05, 4.69) is 36.5 Å².